The highest BCUT2D eigenvalue weighted by molar-refractivity contribution is 5.94. The molecule has 0 aliphatic carbocycles. The summed E-state index contributed by atoms with van der Waals surface area (Å²) in [5.74, 6) is -0.470. The van der Waals surface area contributed by atoms with E-state index in [-0.39, 0.29) is 31.3 Å². The zero-order valence-corrected chi connectivity index (χ0v) is 8.90. The predicted molar refractivity (Wildman–Crippen MR) is 61.8 cm³/mol. The number of hydrogen-bond donors (Lipinski definition) is 3. The van der Waals surface area contributed by atoms with Crippen LogP contribution in [0, 0.1) is 0 Å². The molecule has 4 N–H and O–H groups in total. The molecular weight excluding hydrogens is 206 g/mol. The maximum atomic E-state index is 11.4. The minimum Gasteiger partial charge on any atom is -0.347 e. The molecule has 0 saturated carbocycles. The van der Waals surface area contributed by atoms with Crippen LogP contribution in [0.15, 0.2) is 30.3 Å². The Bertz CT molecular complexity index is 352. The summed E-state index contributed by atoms with van der Waals surface area (Å²) < 4.78 is 0. The maximum absolute atomic E-state index is 11.4. The van der Waals surface area contributed by atoms with Gasteiger partial charge in [0.2, 0.25) is 11.8 Å². The van der Waals surface area contributed by atoms with E-state index < -0.39 is 0 Å². The molecule has 1 rings (SSSR count). The highest BCUT2D eigenvalue weighted by Crippen LogP contribution is 2.03. The van der Waals surface area contributed by atoms with Crippen molar-refractivity contribution < 1.29 is 9.59 Å². The monoisotopic (exact) mass is 221 g/mol. The van der Waals surface area contributed by atoms with Crippen LogP contribution in [0.3, 0.4) is 0 Å². The fourth-order valence-electron chi connectivity index (χ4n) is 1.13. The number of nitrogens with two attached hydrogens (primary N) is 1. The molecule has 5 nitrogen and oxygen atoms in total. The number of benzene rings is 1. The maximum Gasteiger partial charge on any atom is 0.243 e. The summed E-state index contributed by atoms with van der Waals surface area (Å²) in [6.45, 7) is 0.250. The second-order valence-corrected chi connectivity index (χ2v) is 3.23. The van der Waals surface area contributed by atoms with Crippen LogP contribution in [-0.2, 0) is 9.59 Å². The zero-order valence-electron chi connectivity index (χ0n) is 8.90. The normalized spacial score (nSPS) is 9.56. The van der Waals surface area contributed by atoms with E-state index in [0.717, 1.165) is 0 Å². The van der Waals surface area contributed by atoms with Gasteiger partial charge in [-0.2, -0.15) is 0 Å². The van der Waals surface area contributed by atoms with Gasteiger partial charge in [-0.15, -0.1) is 0 Å². The van der Waals surface area contributed by atoms with Crippen LogP contribution in [-0.4, -0.2) is 24.9 Å². The van der Waals surface area contributed by atoms with E-state index in [2.05, 4.69) is 10.6 Å². The van der Waals surface area contributed by atoms with E-state index in [9.17, 15) is 9.59 Å². The molecule has 0 aliphatic rings. The fraction of sp³-hybridized carbons (Fsp3) is 0.273. The molecular formula is C11H15N3O2. The van der Waals surface area contributed by atoms with E-state index in [4.69, 9.17) is 5.73 Å². The molecule has 0 saturated heterocycles. The largest absolute Gasteiger partial charge is 0.347 e. The molecule has 0 radical (unpaired) electrons. The van der Waals surface area contributed by atoms with Crippen molar-refractivity contribution in [3.8, 4) is 0 Å². The Morgan fingerprint density at radius 1 is 1.12 bits per heavy atom. The van der Waals surface area contributed by atoms with Gasteiger partial charge < -0.3 is 16.4 Å². The molecule has 5 heteroatoms. The molecule has 0 fully saturated rings. The Balaban J connectivity index is 2.29. The lowest BCUT2D eigenvalue weighted by Gasteiger charge is -2.06. The molecule has 1 aromatic carbocycles. The van der Waals surface area contributed by atoms with Crippen LogP contribution in [0.25, 0.3) is 0 Å². The van der Waals surface area contributed by atoms with E-state index in [1.165, 1.54) is 0 Å². The van der Waals surface area contributed by atoms with Gasteiger partial charge in [-0.25, -0.2) is 0 Å². The van der Waals surface area contributed by atoms with Gasteiger partial charge >= 0.3 is 0 Å². The number of hydrogen-bond acceptors (Lipinski definition) is 3. The highest BCUT2D eigenvalue weighted by atomic mass is 16.2. The average Bonchev–Trinajstić information content (AvgIpc) is 2.28. The van der Waals surface area contributed by atoms with Crippen LogP contribution in [0.5, 0.6) is 0 Å². The molecule has 0 aromatic heterocycles. The molecule has 0 spiro atoms. The Morgan fingerprint density at radius 3 is 2.44 bits per heavy atom. The van der Waals surface area contributed by atoms with Gasteiger partial charge in [0.25, 0.3) is 0 Å². The Hall–Kier alpha value is -1.88. The van der Waals surface area contributed by atoms with Gasteiger partial charge in [-0.3, -0.25) is 9.59 Å². The molecule has 1 aromatic rings. The first-order chi connectivity index (χ1) is 7.72. The third-order valence-electron chi connectivity index (χ3n) is 1.88. The minimum absolute atomic E-state index is 0.0340. The SMILES string of the molecule is NCCC(=O)NCC(=O)Nc1ccccc1. The van der Waals surface area contributed by atoms with E-state index >= 15 is 0 Å². The summed E-state index contributed by atoms with van der Waals surface area (Å²) in [4.78, 5) is 22.4. The molecule has 16 heavy (non-hydrogen) atoms. The smallest absolute Gasteiger partial charge is 0.243 e. The molecule has 0 atom stereocenters. The van der Waals surface area contributed by atoms with Gasteiger partial charge in [0, 0.05) is 18.7 Å². The lowest BCUT2D eigenvalue weighted by atomic mass is 10.3. The third kappa shape index (κ3) is 4.56. The quantitative estimate of drug-likeness (QED) is 0.658. The zero-order chi connectivity index (χ0) is 11.8. The molecule has 86 valence electrons. The summed E-state index contributed by atoms with van der Waals surface area (Å²) in [6.07, 6.45) is 0.235. The summed E-state index contributed by atoms with van der Waals surface area (Å²) >= 11 is 0. The number of anilines is 1. The van der Waals surface area contributed by atoms with Crippen LogP contribution < -0.4 is 16.4 Å². The van der Waals surface area contributed by atoms with Crippen molar-refractivity contribution in [2.75, 3.05) is 18.4 Å². The van der Waals surface area contributed by atoms with Crippen molar-refractivity contribution in [2.45, 2.75) is 6.42 Å². The first-order valence-electron chi connectivity index (χ1n) is 5.04. The van der Waals surface area contributed by atoms with Crippen molar-refractivity contribution >= 4 is 17.5 Å². The third-order valence-corrected chi connectivity index (χ3v) is 1.88. The Morgan fingerprint density at radius 2 is 1.81 bits per heavy atom. The molecule has 0 bridgehead atoms. The predicted octanol–water partition coefficient (Wildman–Crippen LogP) is 0.0901. The van der Waals surface area contributed by atoms with Gasteiger partial charge in [-0.05, 0) is 12.1 Å². The lowest BCUT2D eigenvalue weighted by molar-refractivity contribution is -0.124. The van der Waals surface area contributed by atoms with Gasteiger partial charge in [0.05, 0.1) is 6.54 Å². The molecule has 0 unspecified atom stereocenters. The number of carbonyl (C=O) groups is 2. The standard InChI is InChI=1S/C11H15N3O2/c12-7-6-10(15)13-8-11(16)14-9-4-2-1-3-5-9/h1-5H,6-8,12H2,(H,13,15)(H,14,16). The fourth-order valence-corrected chi connectivity index (χ4v) is 1.13. The first-order valence-corrected chi connectivity index (χ1v) is 5.04. The van der Waals surface area contributed by atoms with Crippen molar-refractivity contribution in [1.29, 1.82) is 0 Å². The number of amides is 2. The highest BCUT2D eigenvalue weighted by Gasteiger charge is 2.04. The van der Waals surface area contributed by atoms with Gasteiger partial charge in [-0.1, -0.05) is 18.2 Å². The number of nitrogens with one attached hydrogen (secondary N) is 2. The average molecular weight is 221 g/mol. The van der Waals surface area contributed by atoms with Crippen LogP contribution in [0.1, 0.15) is 6.42 Å². The number of para-hydroxylation sites is 1. The van der Waals surface area contributed by atoms with Crippen LogP contribution in [0.4, 0.5) is 5.69 Å². The summed E-state index contributed by atoms with van der Waals surface area (Å²) in [6, 6.07) is 9.06. The Kier molecular flexibility index (Phi) is 5.01. The number of carbonyl (C=O) groups excluding carboxylic acids is 2. The summed E-state index contributed by atoms with van der Waals surface area (Å²) in [5.41, 5.74) is 5.91. The van der Waals surface area contributed by atoms with Crippen molar-refractivity contribution in [3.05, 3.63) is 30.3 Å². The topological polar surface area (TPSA) is 84.2 Å². The Labute approximate surface area is 94.0 Å². The van der Waals surface area contributed by atoms with Crippen molar-refractivity contribution in [3.63, 3.8) is 0 Å². The van der Waals surface area contributed by atoms with Gasteiger partial charge in [0.15, 0.2) is 0 Å². The first kappa shape index (κ1) is 12.2. The van der Waals surface area contributed by atoms with Crippen LogP contribution >= 0.6 is 0 Å². The van der Waals surface area contributed by atoms with Crippen LogP contribution in [0.2, 0.25) is 0 Å². The lowest BCUT2D eigenvalue weighted by Crippen LogP contribution is -2.33. The molecule has 2 amide bonds. The minimum atomic E-state index is -0.253. The molecule has 0 heterocycles. The van der Waals surface area contributed by atoms with Gasteiger partial charge in [0.1, 0.15) is 0 Å². The van der Waals surface area contributed by atoms with E-state index in [0.29, 0.717) is 5.69 Å². The summed E-state index contributed by atoms with van der Waals surface area (Å²) in [7, 11) is 0. The number of rotatable bonds is 5. The second kappa shape index (κ2) is 6.58. The van der Waals surface area contributed by atoms with E-state index in [1.54, 1.807) is 12.1 Å². The second-order valence-electron chi connectivity index (χ2n) is 3.23. The van der Waals surface area contributed by atoms with Crippen molar-refractivity contribution in [2.24, 2.45) is 5.73 Å². The molecule has 0 aliphatic heterocycles. The van der Waals surface area contributed by atoms with Crippen molar-refractivity contribution in [1.82, 2.24) is 5.32 Å². The van der Waals surface area contributed by atoms with E-state index in [1.807, 2.05) is 18.2 Å². The summed E-state index contributed by atoms with van der Waals surface area (Å²) in [5, 5.41) is 5.13.